The SMILES string of the molecule is CN=C(NCC1(C)COC1)N1CCC2(CCC2)C1. The van der Waals surface area contributed by atoms with Crippen LogP contribution in [0.2, 0.25) is 0 Å². The van der Waals surface area contributed by atoms with Gasteiger partial charge in [-0.05, 0) is 24.7 Å². The van der Waals surface area contributed by atoms with E-state index in [9.17, 15) is 0 Å². The van der Waals surface area contributed by atoms with Gasteiger partial charge in [-0.15, -0.1) is 0 Å². The summed E-state index contributed by atoms with van der Waals surface area (Å²) in [6.07, 6.45) is 5.63. The van der Waals surface area contributed by atoms with E-state index < -0.39 is 0 Å². The highest BCUT2D eigenvalue weighted by molar-refractivity contribution is 5.80. The average molecular weight is 251 g/mol. The van der Waals surface area contributed by atoms with Crippen LogP contribution in [0, 0.1) is 10.8 Å². The number of ether oxygens (including phenoxy) is 1. The van der Waals surface area contributed by atoms with Gasteiger partial charge in [-0.3, -0.25) is 4.99 Å². The third kappa shape index (κ3) is 2.11. The molecule has 2 saturated heterocycles. The van der Waals surface area contributed by atoms with Gasteiger partial charge in [-0.2, -0.15) is 0 Å². The number of likely N-dealkylation sites (tertiary alicyclic amines) is 1. The number of hydrogen-bond donors (Lipinski definition) is 1. The van der Waals surface area contributed by atoms with Crippen molar-refractivity contribution >= 4 is 5.96 Å². The Morgan fingerprint density at radius 3 is 2.56 bits per heavy atom. The molecule has 0 aromatic rings. The summed E-state index contributed by atoms with van der Waals surface area (Å²) in [5.41, 5.74) is 0.949. The summed E-state index contributed by atoms with van der Waals surface area (Å²) in [6.45, 7) is 7.38. The molecule has 1 spiro atoms. The first-order valence-electron chi connectivity index (χ1n) is 7.18. The molecular weight excluding hydrogens is 226 g/mol. The molecule has 3 fully saturated rings. The topological polar surface area (TPSA) is 36.9 Å². The van der Waals surface area contributed by atoms with Gasteiger partial charge in [0.1, 0.15) is 0 Å². The molecule has 0 unspecified atom stereocenters. The predicted molar refractivity (Wildman–Crippen MR) is 72.8 cm³/mol. The first-order valence-corrected chi connectivity index (χ1v) is 7.18. The number of nitrogens with zero attached hydrogens (tertiary/aromatic N) is 2. The normalized spacial score (nSPS) is 29.0. The van der Waals surface area contributed by atoms with Crippen molar-refractivity contribution in [3.05, 3.63) is 0 Å². The predicted octanol–water partition coefficient (Wildman–Crippen LogP) is 1.47. The van der Waals surface area contributed by atoms with E-state index >= 15 is 0 Å². The maximum Gasteiger partial charge on any atom is 0.193 e. The van der Waals surface area contributed by atoms with Crippen molar-refractivity contribution in [1.29, 1.82) is 0 Å². The first kappa shape index (κ1) is 12.3. The highest BCUT2D eigenvalue weighted by Crippen LogP contribution is 2.47. The molecule has 18 heavy (non-hydrogen) atoms. The second-order valence-electron chi connectivity index (χ2n) is 6.73. The third-order valence-corrected chi connectivity index (χ3v) is 4.94. The van der Waals surface area contributed by atoms with Gasteiger partial charge in [0.15, 0.2) is 5.96 Å². The van der Waals surface area contributed by atoms with Crippen molar-refractivity contribution in [1.82, 2.24) is 10.2 Å². The highest BCUT2D eigenvalue weighted by Gasteiger charge is 2.43. The van der Waals surface area contributed by atoms with Crippen LogP contribution in [-0.2, 0) is 4.74 Å². The van der Waals surface area contributed by atoms with Gasteiger partial charge in [0.05, 0.1) is 13.2 Å². The van der Waals surface area contributed by atoms with Crippen LogP contribution in [0.4, 0.5) is 0 Å². The van der Waals surface area contributed by atoms with E-state index in [4.69, 9.17) is 4.74 Å². The fourth-order valence-corrected chi connectivity index (χ4v) is 3.38. The van der Waals surface area contributed by atoms with Gasteiger partial charge in [0.2, 0.25) is 0 Å². The maximum atomic E-state index is 5.30. The van der Waals surface area contributed by atoms with E-state index in [1.165, 1.54) is 38.8 Å². The number of rotatable bonds is 2. The van der Waals surface area contributed by atoms with Crippen molar-refractivity contribution in [2.24, 2.45) is 15.8 Å². The largest absolute Gasteiger partial charge is 0.380 e. The molecule has 2 heterocycles. The van der Waals surface area contributed by atoms with Gasteiger partial charge in [-0.25, -0.2) is 0 Å². The standard InChI is InChI=1S/C14H25N3O/c1-13(10-18-11-13)8-16-12(15-2)17-7-6-14(9-17)4-3-5-14/h3-11H2,1-2H3,(H,15,16). The summed E-state index contributed by atoms with van der Waals surface area (Å²) in [5, 5.41) is 3.54. The zero-order valence-electron chi connectivity index (χ0n) is 11.7. The Balaban J connectivity index is 1.53. The second kappa shape index (κ2) is 4.41. The Morgan fingerprint density at radius 1 is 1.33 bits per heavy atom. The van der Waals surface area contributed by atoms with E-state index in [2.05, 4.69) is 22.1 Å². The Kier molecular flexibility index (Phi) is 3.00. The minimum atomic E-state index is 0.309. The molecule has 2 aliphatic heterocycles. The summed E-state index contributed by atoms with van der Waals surface area (Å²) < 4.78 is 5.30. The van der Waals surface area contributed by atoms with Crippen molar-refractivity contribution in [3.8, 4) is 0 Å². The van der Waals surface area contributed by atoms with E-state index in [0.717, 1.165) is 25.7 Å². The minimum absolute atomic E-state index is 0.309. The van der Waals surface area contributed by atoms with E-state index in [1.807, 2.05) is 7.05 Å². The number of guanidine groups is 1. The van der Waals surface area contributed by atoms with Crippen molar-refractivity contribution < 1.29 is 4.74 Å². The van der Waals surface area contributed by atoms with Crippen molar-refractivity contribution in [2.45, 2.75) is 32.6 Å². The highest BCUT2D eigenvalue weighted by atomic mass is 16.5. The molecule has 4 heteroatoms. The van der Waals surface area contributed by atoms with Crippen LogP contribution in [-0.4, -0.2) is 50.8 Å². The summed E-state index contributed by atoms with van der Waals surface area (Å²) in [7, 11) is 1.90. The third-order valence-electron chi connectivity index (χ3n) is 4.94. The van der Waals surface area contributed by atoms with E-state index in [1.54, 1.807) is 0 Å². The summed E-state index contributed by atoms with van der Waals surface area (Å²) in [4.78, 5) is 6.89. The molecule has 3 aliphatic rings. The number of aliphatic imine (C=N–C) groups is 1. The monoisotopic (exact) mass is 251 g/mol. The molecule has 3 rings (SSSR count). The van der Waals surface area contributed by atoms with Crippen LogP contribution in [0.15, 0.2) is 4.99 Å². The van der Waals surface area contributed by atoms with Crippen LogP contribution in [0.3, 0.4) is 0 Å². The molecule has 4 nitrogen and oxygen atoms in total. The van der Waals surface area contributed by atoms with Crippen molar-refractivity contribution in [3.63, 3.8) is 0 Å². The lowest BCUT2D eigenvalue weighted by Gasteiger charge is -2.40. The molecule has 0 atom stereocenters. The van der Waals surface area contributed by atoms with E-state index in [-0.39, 0.29) is 0 Å². The molecule has 1 aliphatic carbocycles. The molecule has 0 aromatic heterocycles. The van der Waals surface area contributed by atoms with Gasteiger partial charge >= 0.3 is 0 Å². The summed E-state index contributed by atoms with van der Waals surface area (Å²) in [5.74, 6) is 1.09. The molecule has 0 radical (unpaired) electrons. The lowest BCUT2D eigenvalue weighted by atomic mass is 9.68. The van der Waals surface area contributed by atoms with Crippen LogP contribution < -0.4 is 5.32 Å². The fourth-order valence-electron chi connectivity index (χ4n) is 3.38. The smallest absolute Gasteiger partial charge is 0.193 e. The molecule has 0 aromatic carbocycles. The second-order valence-corrected chi connectivity index (χ2v) is 6.73. The number of hydrogen-bond acceptors (Lipinski definition) is 2. The molecule has 1 N–H and O–H groups in total. The molecule has 0 bridgehead atoms. The lowest BCUT2D eigenvalue weighted by Crippen LogP contribution is -2.51. The van der Waals surface area contributed by atoms with Gasteiger partial charge in [0.25, 0.3) is 0 Å². The molecular formula is C14H25N3O. The minimum Gasteiger partial charge on any atom is -0.380 e. The molecule has 0 amide bonds. The van der Waals surface area contributed by atoms with Crippen LogP contribution >= 0.6 is 0 Å². The fraction of sp³-hybridized carbons (Fsp3) is 0.929. The molecule has 1 saturated carbocycles. The Bertz CT molecular complexity index is 345. The van der Waals surface area contributed by atoms with Gasteiger partial charge < -0.3 is 15.0 Å². The van der Waals surface area contributed by atoms with Crippen molar-refractivity contribution in [2.75, 3.05) is 39.9 Å². The first-order chi connectivity index (χ1) is 8.65. The Labute approximate surface area is 110 Å². The Hall–Kier alpha value is -0.770. The van der Waals surface area contributed by atoms with Gasteiger partial charge in [-0.1, -0.05) is 13.3 Å². The lowest BCUT2D eigenvalue weighted by molar-refractivity contribution is -0.0972. The number of nitrogens with one attached hydrogen (secondary N) is 1. The summed E-state index contributed by atoms with van der Waals surface area (Å²) >= 11 is 0. The Morgan fingerprint density at radius 2 is 2.11 bits per heavy atom. The zero-order chi connectivity index (χ0) is 12.6. The van der Waals surface area contributed by atoms with Crippen LogP contribution in [0.25, 0.3) is 0 Å². The van der Waals surface area contributed by atoms with Gasteiger partial charge in [0, 0.05) is 32.1 Å². The quantitative estimate of drug-likeness (QED) is 0.596. The zero-order valence-corrected chi connectivity index (χ0v) is 11.7. The maximum absolute atomic E-state index is 5.30. The average Bonchev–Trinajstić information content (AvgIpc) is 2.72. The van der Waals surface area contributed by atoms with E-state index in [0.29, 0.717) is 10.8 Å². The van der Waals surface area contributed by atoms with Crippen LogP contribution in [0.5, 0.6) is 0 Å². The van der Waals surface area contributed by atoms with Crippen LogP contribution in [0.1, 0.15) is 32.6 Å². The molecule has 102 valence electrons. The summed E-state index contributed by atoms with van der Waals surface area (Å²) in [6, 6.07) is 0.